The zero-order chi connectivity index (χ0) is 17.1. The van der Waals surface area contributed by atoms with E-state index in [1.165, 1.54) is 0 Å². The fourth-order valence-corrected chi connectivity index (χ4v) is 2.83. The van der Waals surface area contributed by atoms with E-state index in [4.69, 9.17) is 0 Å². The van der Waals surface area contributed by atoms with Crippen molar-refractivity contribution in [3.63, 3.8) is 0 Å². The standard InChI is InChI=1S/C17H17N7O/c25-17(14-3-5-18-6-4-14)23-11-9-22(10-12-23)15-1-2-16(21-20-15)24-8-7-19-13-24/h1-8,13H,9-12H2. The lowest BCUT2D eigenvalue weighted by atomic mass is 10.2. The van der Waals surface area contributed by atoms with Gasteiger partial charge in [0.1, 0.15) is 6.33 Å². The highest BCUT2D eigenvalue weighted by Gasteiger charge is 2.23. The first-order valence-corrected chi connectivity index (χ1v) is 8.07. The molecule has 1 amide bonds. The lowest BCUT2D eigenvalue weighted by molar-refractivity contribution is 0.0746. The van der Waals surface area contributed by atoms with E-state index in [0.29, 0.717) is 18.7 Å². The van der Waals surface area contributed by atoms with E-state index in [1.54, 1.807) is 37.1 Å². The maximum atomic E-state index is 12.5. The number of pyridine rings is 1. The summed E-state index contributed by atoms with van der Waals surface area (Å²) in [6.07, 6.45) is 8.50. The van der Waals surface area contributed by atoms with Crippen molar-refractivity contribution < 1.29 is 4.79 Å². The van der Waals surface area contributed by atoms with Crippen molar-refractivity contribution in [2.24, 2.45) is 0 Å². The van der Waals surface area contributed by atoms with Crippen LogP contribution < -0.4 is 4.90 Å². The Morgan fingerprint density at radius 3 is 2.20 bits per heavy atom. The summed E-state index contributed by atoms with van der Waals surface area (Å²) in [6.45, 7) is 2.78. The number of hydrogen-bond donors (Lipinski definition) is 0. The third-order valence-corrected chi connectivity index (χ3v) is 4.22. The van der Waals surface area contributed by atoms with Crippen molar-refractivity contribution in [2.75, 3.05) is 31.1 Å². The molecular formula is C17H17N7O. The van der Waals surface area contributed by atoms with Crippen LogP contribution in [0.5, 0.6) is 0 Å². The fraction of sp³-hybridized carbons (Fsp3) is 0.235. The van der Waals surface area contributed by atoms with Crippen LogP contribution in [0.1, 0.15) is 10.4 Å². The van der Waals surface area contributed by atoms with E-state index in [0.717, 1.165) is 24.7 Å². The molecule has 0 unspecified atom stereocenters. The van der Waals surface area contributed by atoms with E-state index >= 15 is 0 Å². The first-order chi connectivity index (χ1) is 12.3. The Hall–Kier alpha value is -3.29. The van der Waals surface area contributed by atoms with Crippen LogP contribution in [0, 0.1) is 0 Å². The second kappa shape index (κ2) is 6.68. The van der Waals surface area contributed by atoms with E-state index < -0.39 is 0 Å². The second-order valence-electron chi connectivity index (χ2n) is 5.73. The van der Waals surface area contributed by atoms with Gasteiger partial charge in [0.25, 0.3) is 5.91 Å². The third kappa shape index (κ3) is 3.18. The number of piperazine rings is 1. The van der Waals surface area contributed by atoms with Crippen LogP contribution in [-0.4, -0.2) is 61.7 Å². The van der Waals surface area contributed by atoms with Crippen LogP contribution in [-0.2, 0) is 0 Å². The summed E-state index contributed by atoms with van der Waals surface area (Å²) >= 11 is 0. The number of carbonyl (C=O) groups excluding carboxylic acids is 1. The van der Waals surface area contributed by atoms with Gasteiger partial charge >= 0.3 is 0 Å². The number of nitrogens with zero attached hydrogens (tertiary/aromatic N) is 7. The maximum Gasteiger partial charge on any atom is 0.254 e. The molecule has 25 heavy (non-hydrogen) atoms. The Kier molecular flexibility index (Phi) is 4.07. The summed E-state index contributed by atoms with van der Waals surface area (Å²) in [4.78, 5) is 24.4. The predicted octanol–water partition coefficient (Wildman–Crippen LogP) is 1.02. The first kappa shape index (κ1) is 15.3. The molecule has 1 aliphatic rings. The Morgan fingerprint density at radius 1 is 0.840 bits per heavy atom. The minimum absolute atomic E-state index is 0.0450. The molecule has 8 heteroatoms. The van der Waals surface area contributed by atoms with Gasteiger partial charge in [-0.05, 0) is 24.3 Å². The molecule has 1 aliphatic heterocycles. The summed E-state index contributed by atoms with van der Waals surface area (Å²) in [5.74, 6) is 1.59. The van der Waals surface area contributed by atoms with E-state index in [-0.39, 0.29) is 5.91 Å². The molecule has 8 nitrogen and oxygen atoms in total. The number of aromatic nitrogens is 5. The number of carbonyl (C=O) groups is 1. The minimum Gasteiger partial charge on any atom is -0.352 e. The average molecular weight is 335 g/mol. The second-order valence-corrected chi connectivity index (χ2v) is 5.73. The number of rotatable bonds is 3. The van der Waals surface area contributed by atoms with Crippen molar-refractivity contribution >= 4 is 11.7 Å². The Morgan fingerprint density at radius 2 is 1.56 bits per heavy atom. The molecule has 0 bridgehead atoms. The van der Waals surface area contributed by atoms with Crippen LogP contribution in [0.15, 0.2) is 55.4 Å². The number of amides is 1. The molecule has 1 saturated heterocycles. The molecule has 0 spiro atoms. The summed E-state index contributed by atoms with van der Waals surface area (Å²) in [7, 11) is 0. The maximum absolute atomic E-state index is 12.5. The molecule has 3 aromatic rings. The van der Waals surface area contributed by atoms with Crippen molar-refractivity contribution in [1.82, 2.24) is 29.6 Å². The van der Waals surface area contributed by atoms with Gasteiger partial charge in [0.2, 0.25) is 0 Å². The molecule has 4 heterocycles. The van der Waals surface area contributed by atoms with Crippen LogP contribution in [0.3, 0.4) is 0 Å². The molecule has 0 radical (unpaired) electrons. The highest BCUT2D eigenvalue weighted by Crippen LogP contribution is 2.15. The van der Waals surface area contributed by atoms with Gasteiger partial charge in [-0.2, -0.15) is 0 Å². The van der Waals surface area contributed by atoms with Crippen LogP contribution >= 0.6 is 0 Å². The third-order valence-electron chi connectivity index (χ3n) is 4.22. The van der Waals surface area contributed by atoms with Gasteiger partial charge in [0.05, 0.1) is 0 Å². The van der Waals surface area contributed by atoms with Gasteiger partial charge in [-0.1, -0.05) is 0 Å². The van der Waals surface area contributed by atoms with Crippen molar-refractivity contribution in [3.8, 4) is 5.82 Å². The van der Waals surface area contributed by atoms with Crippen molar-refractivity contribution in [3.05, 3.63) is 60.9 Å². The van der Waals surface area contributed by atoms with E-state index in [9.17, 15) is 4.79 Å². The van der Waals surface area contributed by atoms with Gasteiger partial charge < -0.3 is 9.80 Å². The SMILES string of the molecule is O=C(c1ccncc1)N1CCN(c2ccc(-n3ccnc3)nn2)CC1. The minimum atomic E-state index is 0.0450. The lowest BCUT2D eigenvalue weighted by Gasteiger charge is -2.35. The summed E-state index contributed by atoms with van der Waals surface area (Å²) in [6, 6.07) is 7.35. The average Bonchev–Trinajstić information content (AvgIpc) is 3.23. The smallest absolute Gasteiger partial charge is 0.254 e. The van der Waals surface area contributed by atoms with Crippen LogP contribution in [0.4, 0.5) is 5.82 Å². The zero-order valence-electron chi connectivity index (χ0n) is 13.6. The zero-order valence-corrected chi connectivity index (χ0v) is 13.6. The van der Waals surface area contributed by atoms with Gasteiger partial charge in [-0.3, -0.25) is 14.3 Å². The number of hydrogen-bond acceptors (Lipinski definition) is 6. The monoisotopic (exact) mass is 335 g/mol. The normalized spacial score (nSPS) is 14.6. The Labute approximate surface area is 144 Å². The van der Waals surface area contributed by atoms with Crippen LogP contribution in [0.2, 0.25) is 0 Å². The van der Waals surface area contributed by atoms with E-state index in [2.05, 4.69) is 25.1 Å². The molecule has 4 rings (SSSR count). The molecule has 3 aromatic heterocycles. The Bertz CT molecular complexity index is 825. The molecule has 1 fully saturated rings. The predicted molar refractivity (Wildman–Crippen MR) is 91.5 cm³/mol. The highest BCUT2D eigenvalue weighted by molar-refractivity contribution is 5.94. The largest absolute Gasteiger partial charge is 0.352 e. The van der Waals surface area contributed by atoms with Crippen LogP contribution in [0.25, 0.3) is 5.82 Å². The molecule has 0 N–H and O–H groups in total. The summed E-state index contributed by atoms with van der Waals surface area (Å²) in [5.41, 5.74) is 0.674. The first-order valence-electron chi connectivity index (χ1n) is 8.07. The van der Waals surface area contributed by atoms with Gasteiger partial charge in [0.15, 0.2) is 11.6 Å². The van der Waals surface area contributed by atoms with Crippen molar-refractivity contribution in [2.45, 2.75) is 0 Å². The quantitative estimate of drug-likeness (QED) is 0.711. The molecule has 0 atom stereocenters. The molecule has 0 aromatic carbocycles. The van der Waals surface area contributed by atoms with Gasteiger partial charge in [-0.15, -0.1) is 10.2 Å². The molecule has 126 valence electrons. The lowest BCUT2D eigenvalue weighted by Crippen LogP contribution is -2.49. The summed E-state index contributed by atoms with van der Waals surface area (Å²) < 4.78 is 1.81. The molecular weight excluding hydrogens is 318 g/mol. The fourth-order valence-electron chi connectivity index (χ4n) is 2.83. The highest BCUT2D eigenvalue weighted by atomic mass is 16.2. The topological polar surface area (TPSA) is 80.0 Å². The van der Waals surface area contributed by atoms with Gasteiger partial charge in [-0.25, -0.2) is 4.98 Å². The Balaban J connectivity index is 1.39. The van der Waals surface area contributed by atoms with Crippen molar-refractivity contribution in [1.29, 1.82) is 0 Å². The van der Waals surface area contributed by atoms with Gasteiger partial charge in [0, 0.05) is 56.5 Å². The number of imidazole rings is 1. The number of anilines is 1. The molecule has 0 saturated carbocycles. The molecule has 0 aliphatic carbocycles. The van der Waals surface area contributed by atoms with E-state index in [1.807, 2.05) is 27.8 Å². The summed E-state index contributed by atoms with van der Waals surface area (Å²) in [5, 5.41) is 8.54.